The Morgan fingerprint density at radius 2 is 1.93 bits per heavy atom. The lowest BCUT2D eigenvalue weighted by atomic mass is 10.3. The fourth-order valence-electron chi connectivity index (χ4n) is 1.24. The van der Waals surface area contributed by atoms with Gasteiger partial charge in [0.15, 0.2) is 0 Å². The zero-order valence-electron chi connectivity index (χ0n) is 7.82. The summed E-state index contributed by atoms with van der Waals surface area (Å²) in [4.78, 5) is 11.6. The summed E-state index contributed by atoms with van der Waals surface area (Å²) in [5.41, 5.74) is 0.117. The Balaban J connectivity index is 2.64. The minimum atomic E-state index is -0.369. The topological polar surface area (TPSA) is 39.8 Å². The van der Waals surface area contributed by atoms with Gasteiger partial charge in [0.1, 0.15) is 5.82 Å². The lowest BCUT2D eigenvalue weighted by Crippen LogP contribution is -2.21. The SMILES string of the molecule is Cn1nc(Cl)n(-c2ccc(F)cc2)c1=O. The van der Waals surface area contributed by atoms with Gasteiger partial charge in [0.25, 0.3) is 0 Å². The largest absolute Gasteiger partial charge is 0.351 e. The maximum Gasteiger partial charge on any atom is 0.351 e. The summed E-state index contributed by atoms with van der Waals surface area (Å²) in [6, 6.07) is 5.44. The predicted molar refractivity (Wildman–Crippen MR) is 53.8 cm³/mol. The van der Waals surface area contributed by atoms with Crippen molar-refractivity contribution in [1.29, 1.82) is 0 Å². The summed E-state index contributed by atoms with van der Waals surface area (Å²) in [6.45, 7) is 0. The van der Waals surface area contributed by atoms with Crippen LogP contribution in [0.25, 0.3) is 5.69 Å². The molecule has 1 aromatic carbocycles. The summed E-state index contributed by atoms with van der Waals surface area (Å²) < 4.78 is 15.0. The van der Waals surface area contributed by atoms with Crippen molar-refractivity contribution in [2.24, 2.45) is 7.05 Å². The Kier molecular flexibility index (Phi) is 2.32. The number of aryl methyl sites for hydroxylation is 1. The Bertz CT molecular complexity index is 543. The fourth-order valence-corrected chi connectivity index (χ4v) is 1.53. The van der Waals surface area contributed by atoms with Crippen LogP contribution in [0.1, 0.15) is 0 Å². The molecule has 2 rings (SSSR count). The lowest BCUT2D eigenvalue weighted by molar-refractivity contribution is 0.627. The van der Waals surface area contributed by atoms with Gasteiger partial charge < -0.3 is 0 Å². The van der Waals surface area contributed by atoms with Crippen molar-refractivity contribution in [1.82, 2.24) is 14.3 Å². The molecule has 6 heteroatoms. The smallest absolute Gasteiger partial charge is 0.246 e. The van der Waals surface area contributed by atoms with E-state index < -0.39 is 0 Å². The van der Waals surface area contributed by atoms with Crippen LogP contribution in [0, 0.1) is 5.82 Å². The standard InChI is InChI=1S/C9H7ClFN3O/c1-13-9(15)14(8(10)12-13)7-4-2-6(11)3-5-7/h2-5H,1H3. The van der Waals surface area contributed by atoms with E-state index in [4.69, 9.17) is 11.6 Å². The number of benzene rings is 1. The third kappa shape index (κ3) is 1.66. The van der Waals surface area contributed by atoms with Gasteiger partial charge in [0, 0.05) is 7.05 Å². The fraction of sp³-hybridized carbons (Fsp3) is 0.111. The summed E-state index contributed by atoms with van der Waals surface area (Å²) in [5.74, 6) is -0.369. The first-order chi connectivity index (χ1) is 7.09. The van der Waals surface area contributed by atoms with E-state index in [0.29, 0.717) is 5.69 Å². The summed E-state index contributed by atoms with van der Waals surface area (Å²) >= 11 is 5.76. The first kappa shape index (κ1) is 9.92. The van der Waals surface area contributed by atoms with Crippen LogP contribution in [0.2, 0.25) is 5.28 Å². The van der Waals surface area contributed by atoms with Crippen molar-refractivity contribution < 1.29 is 4.39 Å². The highest BCUT2D eigenvalue weighted by atomic mass is 35.5. The number of aromatic nitrogens is 3. The molecule has 0 spiro atoms. The molecule has 78 valence electrons. The van der Waals surface area contributed by atoms with Crippen LogP contribution in [-0.4, -0.2) is 14.3 Å². The predicted octanol–water partition coefficient (Wildman–Crippen LogP) is 1.36. The molecule has 1 aromatic heterocycles. The molecule has 0 bridgehead atoms. The quantitative estimate of drug-likeness (QED) is 0.738. The molecule has 0 aliphatic heterocycles. The Morgan fingerprint density at radius 3 is 2.40 bits per heavy atom. The van der Waals surface area contributed by atoms with Crippen LogP contribution >= 0.6 is 11.6 Å². The molecular formula is C9H7ClFN3O. The second-order valence-electron chi connectivity index (χ2n) is 2.99. The van der Waals surface area contributed by atoms with E-state index in [9.17, 15) is 9.18 Å². The van der Waals surface area contributed by atoms with Crippen LogP contribution in [0.5, 0.6) is 0 Å². The van der Waals surface area contributed by atoms with E-state index in [-0.39, 0.29) is 16.8 Å². The van der Waals surface area contributed by atoms with E-state index in [1.54, 1.807) is 0 Å². The third-order valence-electron chi connectivity index (χ3n) is 1.97. The molecule has 0 atom stereocenters. The van der Waals surface area contributed by atoms with Crippen LogP contribution in [0.4, 0.5) is 4.39 Å². The van der Waals surface area contributed by atoms with Gasteiger partial charge in [-0.2, -0.15) is 0 Å². The van der Waals surface area contributed by atoms with Gasteiger partial charge in [-0.15, -0.1) is 5.10 Å². The molecular weight excluding hydrogens is 221 g/mol. The molecule has 0 radical (unpaired) electrons. The molecule has 0 aliphatic rings. The maximum atomic E-state index is 12.7. The number of nitrogens with zero attached hydrogens (tertiary/aromatic N) is 3. The zero-order chi connectivity index (χ0) is 11.0. The number of rotatable bonds is 1. The second-order valence-corrected chi connectivity index (χ2v) is 3.33. The maximum absolute atomic E-state index is 12.7. The van der Waals surface area contributed by atoms with Crippen molar-refractivity contribution in [2.45, 2.75) is 0 Å². The molecule has 0 amide bonds. The van der Waals surface area contributed by atoms with E-state index in [0.717, 1.165) is 4.68 Å². The van der Waals surface area contributed by atoms with Crippen molar-refractivity contribution in [2.75, 3.05) is 0 Å². The first-order valence-corrected chi connectivity index (χ1v) is 4.55. The molecule has 0 saturated carbocycles. The second kappa shape index (κ2) is 3.51. The number of hydrogen-bond acceptors (Lipinski definition) is 2. The molecule has 2 aromatic rings. The molecule has 0 unspecified atom stereocenters. The van der Waals surface area contributed by atoms with Gasteiger partial charge in [0.05, 0.1) is 5.69 Å². The van der Waals surface area contributed by atoms with Crippen molar-refractivity contribution in [3.63, 3.8) is 0 Å². The van der Waals surface area contributed by atoms with Gasteiger partial charge in [-0.05, 0) is 35.9 Å². The Morgan fingerprint density at radius 1 is 1.33 bits per heavy atom. The highest BCUT2D eigenvalue weighted by Crippen LogP contribution is 2.11. The van der Waals surface area contributed by atoms with Crippen LogP contribution < -0.4 is 5.69 Å². The minimum absolute atomic E-state index is 0.0501. The van der Waals surface area contributed by atoms with Gasteiger partial charge in [0.2, 0.25) is 5.28 Å². The molecule has 4 nitrogen and oxygen atoms in total. The van der Waals surface area contributed by atoms with Gasteiger partial charge in [-0.3, -0.25) is 0 Å². The van der Waals surface area contributed by atoms with Crippen molar-refractivity contribution in [3.05, 3.63) is 45.9 Å². The highest BCUT2D eigenvalue weighted by Gasteiger charge is 2.10. The van der Waals surface area contributed by atoms with Crippen LogP contribution in [0.3, 0.4) is 0 Å². The number of hydrogen-bond donors (Lipinski definition) is 0. The van der Waals surface area contributed by atoms with Crippen LogP contribution in [0.15, 0.2) is 29.1 Å². The first-order valence-electron chi connectivity index (χ1n) is 4.17. The monoisotopic (exact) mass is 227 g/mol. The normalized spacial score (nSPS) is 10.6. The lowest BCUT2D eigenvalue weighted by Gasteiger charge is -2.00. The zero-order valence-corrected chi connectivity index (χ0v) is 8.57. The minimum Gasteiger partial charge on any atom is -0.246 e. The summed E-state index contributed by atoms with van der Waals surface area (Å²) in [5, 5.41) is 3.80. The van der Waals surface area contributed by atoms with Gasteiger partial charge >= 0.3 is 5.69 Å². The Hall–Kier alpha value is -1.62. The summed E-state index contributed by atoms with van der Waals surface area (Å²) in [6.07, 6.45) is 0. The number of halogens is 2. The van der Waals surface area contributed by atoms with Crippen LogP contribution in [-0.2, 0) is 7.05 Å². The van der Waals surface area contributed by atoms with Gasteiger partial charge in [-0.25, -0.2) is 18.4 Å². The average Bonchev–Trinajstić information content (AvgIpc) is 2.44. The molecule has 0 fully saturated rings. The molecule has 1 heterocycles. The van der Waals surface area contributed by atoms with Crippen molar-refractivity contribution in [3.8, 4) is 5.69 Å². The highest BCUT2D eigenvalue weighted by molar-refractivity contribution is 6.28. The van der Waals surface area contributed by atoms with Crippen molar-refractivity contribution >= 4 is 11.6 Å². The third-order valence-corrected chi connectivity index (χ3v) is 2.21. The average molecular weight is 228 g/mol. The van der Waals surface area contributed by atoms with Gasteiger partial charge in [-0.1, -0.05) is 0 Å². The van der Waals surface area contributed by atoms with E-state index in [1.807, 2.05) is 0 Å². The molecule has 0 saturated heterocycles. The molecule has 15 heavy (non-hydrogen) atoms. The molecule has 0 aliphatic carbocycles. The Labute approximate surface area is 89.5 Å². The van der Waals surface area contributed by atoms with E-state index >= 15 is 0 Å². The molecule has 0 N–H and O–H groups in total. The van der Waals surface area contributed by atoms with E-state index in [1.165, 1.54) is 35.9 Å². The van der Waals surface area contributed by atoms with E-state index in [2.05, 4.69) is 5.10 Å². The summed E-state index contributed by atoms with van der Waals surface area (Å²) in [7, 11) is 1.49.